The predicted octanol–water partition coefficient (Wildman–Crippen LogP) is 4.09. The average molecular weight is 496 g/mol. The molecule has 0 aliphatic carbocycles. The third-order valence-electron chi connectivity index (χ3n) is 7.18. The second-order valence-corrected chi connectivity index (χ2v) is 11.4. The van der Waals surface area contributed by atoms with Crippen LogP contribution in [0.5, 0.6) is 0 Å². The number of pyridine rings is 1. The van der Waals surface area contributed by atoms with Crippen molar-refractivity contribution in [3.63, 3.8) is 0 Å². The number of carbonyl (C=O) groups excluding carboxylic acids is 1. The second kappa shape index (κ2) is 9.35. The summed E-state index contributed by atoms with van der Waals surface area (Å²) >= 11 is 0. The lowest BCUT2D eigenvalue weighted by molar-refractivity contribution is 0.0986. The Labute approximate surface area is 207 Å². The molecule has 2 aliphatic heterocycles. The van der Waals surface area contributed by atoms with Gasteiger partial charge in [0.15, 0.2) is 5.65 Å². The maximum atomic E-state index is 13.9. The molecule has 186 valence electrons. The van der Waals surface area contributed by atoms with Crippen LogP contribution >= 0.6 is 0 Å². The van der Waals surface area contributed by atoms with Crippen LogP contribution in [0.2, 0.25) is 0 Å². The van der Waals surface area contributed by atoms with Gasteiger partial charge >= 0.3 is 0 Å². The van der Waals surface area contributed by atoms with Gasteiger partial charge in [0, 0.05) is 44.0 Å². The molecule has 0 atom stereocenters. The van der Waals surface area contributed by atoms with Crippen molar-refractivity contribution in [1.29, 1.82) is 0 Å². The SMILES string of the molecule is CCN(CC)S(=O)(=O)c1ccc2c(c1)CCCN2C(=O)c1cc(C)nc2c1nc1n2CCCCC1. The zero-order valence-corrected chi connectivity index (χ0v) is 21.6. The Hall–Kier alpha value is -2.78. The summed E-state index contributed by atoms with van der Waals surface area (Å²) in [6, 6.07) is 7.00. The molecular formula is C26H33N5O3S. The van der Waals surface area contributed by atoms with E-state index in [0.717, 1.165) is 67.1 Å². The summed E-state index contributed by atoms with van der Waals surface area (Å²) in [4.78, 5) is 25.6. The molecular weight excluding hydrogens is 462 g/mol. The fourth-order valence-electron chi connectivity index (χ4n) is 5.38. The average Bonchev–Trinajstić information content (AvgIpc) is 3.03. The molecule has 9 heteroatoms. The number of benzene rings is 1. The Morgan fingerprint density at radius 3 is 2.57 bits per heavy atom. The minimum absolute atomic E-state index is 0.103. The molecule has 35 heavy (non-hydrogen) atoms. The van der Waals surface area contributed by atoms with Gasteiger partial charge in [-0.05, 0) is 62.4 Å². The lowest BCUT2D eigenvalue weighted by Gasteiger charge is -2.30. The Kier molecular flexibility index (Phi) is 6.40. The van der Waals surface area contributed by atoms with E-state index >= 15 is 0 Å². The van der Waals surface area contributed by atoms with Gasteiger partial charge in [0.05, 0.1) is 10.5 Å². The summed E-state index contributed by atoms with van der Waals surface area (Å²) in [6.45, 7) is 7.91. The van der Waals surface area contributed by atoms with Crippen molar-refractivity contribution in [3.05, 3.63) is 46.9 Å². The lowest BCUT2D eigenvalue weighted by Crippen LogP contribution is -2.36. The van der Waals surface area contributed by atoms with Crippen LogP contribution in [0, 0.1) is 6.92 Å². The minimum Gasteiger partial charge on any atom is -0.313 e. The van der Waals surface area contributed by atoms with Crippen molar-refractivity contribution in [2.45, 2.75) is 70.7 Å². The van der Waals surface area contributed by atoms with Gasteiger partial charge in [-0.1, -0.05) is 20.3 Å². The lowest BCUT2D eigenvalue weighted by atomic mass is 10.0. The first kappa shape index (κ1) is 23.9. The molecule has 4 heterocycles. The number of amides is 1. The van der Waals surface area contributed by atoms with Gasteiger partial charge in [-0.15, -0.1) is 0 Å². The van der Waals surface area contributed by atoms with Crippen molar-refractivity contribution in [3.8, 4) is 0 Å². The first-order valence-corrected chi connectivity index (χ1v) is 14.1. The van der Waals surface area contributed by atoms with E-state index in [1.807, 2.05) is 26.8 Å². The Bertz CT molecular complexity index is 1390. The summed E-state index contributed by atoms with van der Waals surface area (Å²) in [7, 11) is -3.56. The predicted molar refractivity (Wildman–Crippen MR) is 136 cm³/mol. The molecule has 0 N–H and O–H groups in total. The zero-order valence-electron chi connectivity index (χ0n) is 20.7. The third-order valence-corrected chi connectivity index (χ3v) is 9.23. The molecule has 0 spiro atoms. The van der Waals surface area contributed by atoms with Crippen LogP contribution in [0.4, 0.5) is 5.69 Å². The summed E-state index contributed by atoms with van der Waals surface area (Å²) in [5, 5.41) is 0. The Balaban J connectivity index is 1.55. The fourth-order valence-corrected chi connectivity index (χ4v) is 6.89. The normalized spacial score (nSPS) is 16.3. The largest absolute Gasteiger partial charge is 0.313 e. The summed E-state index contributed by atoms with van der Waals surface area (Å²) in [5.41, 5.74) is 4.50. The smallest absolute Gasteiger partial charge is 0.260 e. The number of imidazole rings is 1. The van der Waals surface area contributed by atoms with Crippen LogP contribution in [0.15, 0.2) is 29.2 Å². The van der Waals surface area contributed by atoms with Gasteiger partial charge in [0.1, 0.15) is 11.3 Å². The molecule has 1 amide bonds. The number of aryl methyl sites for hydroxylation is 4. The number of hydrogen-bond acceptors (Lipinski definition) is 5. The van der Waals surface area contributed by atoms with Crippen LogP contribution in [-0.2, 0) is 29.4 Å². The molecule has 1 aromatic carbocycles. The molecule has 5 rings (SSSR count). The first-order chi connectivity index (χ1) is 16.8. The molecule has 3 aromatic rings. The highest BCUT2D eigenvalue weighted by Gasteiger charge is 2.30. The van der Waals surface area contributed by atoms with Crippen molar-refractivity contribution >= 4 is 32.8 Å². The molecule has 2 aliphatic rings. The van der Waals surface area contributed by atoms with Crippen LogP contribution in [0.25, 0.3) is 11.2 Å². The number of sulfonamides is 1. The number of aromatic nitrogens is 3. The maximum Gasteiger partial charge on any atom is 0.260 e. The number of rotatable bonds is 5. The highest BCUT2D eigenvalue weighted by molar-refractivity contribution is 7.89. The van der Waals surface area contributed by atoms with Gasteiger partial charge in [0.25, 0.3) is 5.91 Å². The van der Waals surface area contributed by atoms with E-state index < -0.39 is 10.0 Å². The highest BCUT2D eigenvalue weighted by Crippen LogP contribution is 2.33. The van der Waals surface area contributed by atoms with Crippen molar-refractivity contribution in [1.82, 2.24) is 18.8 Å². The number of hydrogen-bond donors (Lipinski definition) is 0. The minimum atomic E-state index is -3.56. The van der Waals surface area contributed by atoms with Crippen LogP contribution in [0.1, 0.15) is 67.0 Å². The van der Waals surface area contributed by atoms with Gasteiger partial charge in [-0.25, -0.2) is 18.4 Å². The van der Waals surface area contributed by atoms with E-state index in [-0.39, 0.29) is 10.8 Å². The van der Waals surface area contributed by atoms with Crippen LogP contribution < -0.4 is 4.90 Å². The quantitative estimate of drug-likeness (QED) is 0.532. The molecule has 8 nitrogen and oxygen atoms in total. The summed E-state index contributed by atoms with van der Waals surface area (Å²) < 4.78 is 29.7. The van der Waals surface area contributed by atoms with Gasteiger partial charge < -0.3 is 9.47 Å². The molecule has 0 fully saturated rings. The Morgan fingerprint density at radius 1 is 1.00 bits per heavy atom. The highest BCUT2D eigenvalue weighted by atomic mass is 32.2. The van der Waals surface area contributed by atoms with Gasteiger partial charge in [-0.3, -0.25) is 4.79 Å². The van der Waals surface area contributed by atoms with E-state index in [1.54, 1.807) is 23.1 Å². The summed E-state index contributed by atoms with van der Waals surface area (Å²) in [6.07, 6.45) is 5.79. The first-order valence-electron chi connectivity index (χ1n) is 12.7. The second-order valence-electron chi connectivity index (χ2n) is 9.41. The molecule has 0 saturated heterocycles. The van der Waals surface area contributed by atoms with E-state index in [1.165, 1.54) is 10.7 Å². The third kappa shape index (κ3) is 4.14. The topological polar surface area (TPSA) is 88.4 Å². The van der Waals surface area contributed by atoms with Gasteiger partial charge in [-0.2, -0.15) is 4.31 Å². The molecule has 0 radical (unpaired) electrons. The van der Waals surface area contributed by atoms with E-state index in [0.29, 0.717) is 30.7 Å². The maximum absolute atomic E-state index is 13.9. The van der Waals surface area contributed by atoms with Crippen LogP contribution in [-0.4, -0.2) is 52.8 Å². The zero-order chi connectivity index (χ0) is 24.7. The fraction of sp³-hybridized carbons (Fsp3) is 0.500. The monoisotopic (exact) mass is 495 g/mol. The van der Waals surface area contributed by atoms with E-state index in [2.05, 4.69) is 4.57 Å². The Morgan fingerprint density at radius 2 is 1.80 bits per heavy atom. The van der Waals surface area contributed by atoms with Gasteiger partial charge in [0.2, 0.25) is 10.0 Å². The van der Waals surface area contributed by atoms with Crippen molar-refractivity contribution in [2.75, 3.05) is 24.5 Å². The molecule has 0 bridgehead atoms. The summed E-state index contributed by atoms with van der Waals surface area (Å²) in [5.74, 6) is 0.906. The van der Waals surface area contributed by atoms with E-state index in [4.69, 9.17) is 9.97 Å². The van der Waals surface area contributed by atoms with E-state index in [9.17, 15) is 13.2 Å². The molecule has 2 aromatic heterocycles. The number of fused-ring (bicyclic) bond motifs is 4. The number of carbonyl (C=O) groups is 1. The standard InChI is InChI=1S/C26H33N5O3S/c1-4-29(5-2)35(33,34)20-12-13-22-19(17-20)10-9-15-30(22)26(32)21-16-18(3)27-25-24(21)28-23-11-7-6-8-14-31(23)25/h12-13,16-17H,4-11,14-15H2,1-3H3. The molecule has 0 saturated carbocycles. The molecule has 0 unspecified atom stereocenters. The number of anilines is 1. The van der Waals surface area contributed by atoms with Crippen molar-refractivity contribution < 1.29 is 13.2 Å². The number of nitrogens with zero attached hydrogens (tertiary/aromatic N) is 5. The van der Waals surface area contributed by atoms with Crippen LogP contribution in [0.3, 0.4) is 0 Å². The van der Waals surface area contributed by atoms with Crippen molar-refractivity contribution in [2.24, 2.45) is 0 Å².